The molecular formula is C25H27N5O3S. The first-order chi connectivity index (χ1) is 16.2. The average Bonchev–Trinajstić information content (AvgIpc) is 3.55. The molecule has 0 saturated heterocycles. The van der Waals surface area contributed by atoms with E-state index in [-0.39, 0.29) is 17.9 Å². The van der Waals surface area contributed by atoms with Gasteiger partial charge in [0.05, 0.1) is 24.2 Å². The highest BCUT2D eigenvalue weighted by molar-refractivity contribution is 7.08. The number of carbonyl (C=O) groups excluding carboxylic acids is 1. The summed E-state index contributed by atoms with van der Waals surface area (Å²) in [5, 5.41) is 16.4. The van der Waals surface area contributed by atoms with Crippen LogP contribution < -0.4 is 14.8 Å². The van der Waals surface area contributed by atoms with Gasteiger partial charge < -0.3 is 14.8 Å². The maximum atomic E-state index is 13.2. The Bertz CT molecular complexity index is 1360. The first kappa shape index (κ1) is 22.2. The van der Waals surface area contributed by atoms with Crippen LogP contribution in [0.25, 0.3) is 28.2 Å². The molecule has 1 aliphatic heterocycles. The van der Waals surface area contributed by atoms with Gasteiger partial charge in [-0.2, -0.15) is 21.5 Å². The summed E-state index contributed by atoms with van der Waals surface area (Å²) in [6, 6.07) is 7.83. The van der Waals surface area contributed by atoms with Gasteiger partial charge in [-0.1, -0.05) is 20.8 Å². The summed E-state index contributed by atoms with van der Waals surface area (Å²) in [5.41, 5.74) is 5.33. The van der Waals surface area contributed by atoms with Gasteiger partial charge in [-0.3, -0.25) is 9.48 Å². The van der Waals surface area contributed by atoms with E-state index < -0.39 is 0 Å². The van der Waals surface area contributed by atoms with Crippen LogP contribution in [0.4, 0.5) is 0 Å². The lowest BCUT2D eigenvalue weighted by atomic mass is 9.96. The predicted molar refractivity (Wildman–Crippen MR) is 132 cm³/mol. The van der Waals surface area contributed by atoms with Gasteiger partial charge in [0.1, 0.15) is 18.1 Å². The number of fused-ring (bicyclic) bond motifs is 3. The third-order valence-corrected chi connectivity index (χ3v) is 6.32. The molecule has 1 aliphatic rings. The van der Waals surface area contributed by atoms with Crippen LogP contribution in [-0.4, -0.2) is 39.1 Å². The molecule has 0 saturated carbocycles. The van der Waals surface area contributed by atoms with Gasteiger partial charge in [-0.25, -0.2) is 4.68 Å². The Morgan fingerprint density at radius 1 is 1.24 bits per heavy atom. The summed E-state index contributed by atoms with van der Waals surface area (Å²) in [6.45, 7) is 7.04. The molecule has 3 aromatic heterocycles. The Hall–Kier alpha value is -3.59. The monoisotopic (exact) mass is 477 g/mol. The normalized spacial score (nSPS) is 12.6. The number of nitrogens with zero attached hydrogens (tertiary/aromatic N) is 4. The summed E-state index contributed by atoms with van der Waals surface area (Å²) in [7, 11) is 3.51. The molecule has 176 valence electrons. The van der Waals surface area contributed by atoms with Gasteiger partial charge in [0, 0.05) is 47.9 Å². The standard InChI is InChI=1S/C25H27N5O3S/c1-25(2,3)14-26-24(31)22-18-12-33-21-11-20(32-5)16(19-6-8-29(4)27-19)10-17(21)23(18)30(28-22)15-7-9-34-13-15/h6-11,13H,12,14H2,1-5H3,(H,26,31). The van der Waals surface area contributed by atoms with Crippen LogP contribution in [-0.2, 0) is 13.7 Å². The lowest BCUT2D eigenvalue weighted by Crippen LogP contribution is -2.33. The molecule has 5 rings (SSSR count). The second-order valence-electron chi connectivity index (χ2n) is 9.52. The maximum Gasteiger partial charge on any atom is 0.272 e. The second-order valence-corrected chi connectivity index (χ2v) is 10.3. The molecule has 0 atom stereocenters. The molecular weight excluding hydrogens is 450 g/mol. The van der Waals surface area contributed by atoms with E-state index in [4.69, 9.17) is 14.6 Å². The van der Waals surface area contributed by atoms with Crippen molar-refractivity contribution in [3.05, 3.63) is 52.5 Å². The number of ether oxygens (including phenoxy) is 2. The molecule has 0 fully saturated rings. The van der Waals surface area contributed by atoms with Crippen LogP contribution >= 0.6 is 11.3 Å². The first-order valence-electron chi connectivity index (χ1n) is 11.0. The van der Waals surface area contributed by atoms with Crippen LogP contribution in [0.15, 0.2) is 41.2 Å². The van der Waals surface area contributed by atoms with E-state index in [1.165, 1.54) is 0 Å². The lowest BCUT2D eigenvalue weighted by molar-refractivity contribution is 0.0931. The highest BCUT2D eigenvalue weighted by atomic mass is 32.1. The number of aryl methyl sites for hydroxylation is 1. The van der Waals surface area contributed by atoms with Crippen molar-refractivity contribution in [2.45, 2.75) is 27.4 Å². The molecule has 8 nitrogen and oxygen atoms in total. The number of aromatic nitrogens is 4. The van der Waals surface area contributed by atoms with Crippen molar-refractivity contribution < 1.29 is 14.3 Å². The minimum absolute atomic E-state index is 0.0388. The van der Waals surface area contributed by atoms with Crippen molar-refractivity contribution in [3.63, 3.8) is 0 Å². The predicted octanol–water partition coefficient (Wildman–Crippen LogP) is 4.68. The smallest absolute Gasteiger partial charge is 0.272 e. The maximum absolute atomic E-state index is 13.2. The average molecular weight is 478 g/mol. The van der Waals surface area contributed by atoms with E-state index in [0.717, 1.165) is 33.8 Å². The van der Waals surface area contributed by atoms with Crippen molar-refractivity contribution in [1.82, 2.24) is 24.9 Å². The van der Waals surface area contributed by atoms with Gasteiger partial charge in [0.25, 0.3) is 5.91 Å². The number of hydrogen-bond acceptors (Lipinski definition) is 6. The quantitative estimate of drug-likeness (QED) is 0.451. The molecule has 0 unspecified atom stereocenters. The van der Waals surface area contributed by atoms with Gasteiger partial charge >= 0.3 is 0 Å². The summed E-state index contributed by atoms with van der Waals surface area (Å²) < 4.78 is 15.4. The van der Waals surface area contributed by atoms with Gasteiger partial charge in [-0.05, 0) is 29.0 Å². The Morgan fingerprint density at radius 2 is 2.06 bits per heavy atom. The van der Waals surface area contributed by atoms with Crippen molar-refractivity contribution >= 4 is 17.2 Å². The highest BCUT2D eigenvalue weighted by Gasteiger charge is 2.32. The number of methoxy groups -OCH3 is 1. The second kappa shape index (κ2) is 8.32. The molecule has 0 bridgehead atoms. The fraction of sp³-hybridized carbons (Fsp3) is 0.320. The number of amides is 1. The van der Waals surface area contributed by atoms with E-state index in [1.807, 2.05) is 53.0 Å². The zero-order valence-electron chi connectivity index (χ0n) is 19.9. The Kier molecular flexibility index (Phi) is 5.44. The molecule has 4 heterocycles. The number of benzene rings is 1. The van der Waals surface area contributed by atoms with Gasteiger partial charge in [-0.15, -0.1) is 0 Å². The summed E-state index contributed by atoms with van der Waals surface area (Å²) in [5.74, 6) is 1.15. The van der Waals surface area contributed by atoms with Crippen LogP contribution in [0.5, 0.6) is 11.5 Å². The minimum Gasteiger partial charge on any atom is -0.496 e. The largest absolute Gasteiger partial charge is 0.496 e. The van der Waals surface area contributed by atoms with Crippen LogP contribution in [0.2, 0.25) is 0 Å². The van der Waals surface area contributed by atoms with Gasteiger partial charge in [0.2, 0.25) is 0 Å². The minimum atomic E-state index is -0.203. The summed E-state index contributed by atoms with van der Waals surface area (Å²) in [6.07, 6.45) is 1.89. The fourth-order valence-corrected chi connectivity index (χ4v) is 4.60. The van der Waals surface area contributed by atoms with E-state index in [0.29, 0.717) is 23.7 Å². The number of carbonyl (C=O) groups is 1. The third-order valence-electron chi connectivity index (χ3n) is 5.65. The molecule has 1 aromatic carbocycles. The molecule has 1 N–H and O–H groups in total. The summed E-state index contributed by atoms with van der Waals surface area (Å²) in [4.78, 5) is 13.2. The zero-order valence-corrected chi connectivity index (χ0v) is 20.7. The lowest BCUT2D eigenvalue weighted by Gasteiger charge is -2.22. The zero-order chi connectivity index (χ0) is 24.0. The number of nitrogens with one attached hydrogen (secondary N) is 1. The van der Waals surface area contributed by atoms with Crippen LogP contribution in [0.1, 0.15) is 36.8 Å². The van der Waals surface area contributed by atoms with E-state index in [1.54, 1.807) is 23.1 Å². The molecule has 4 aromatic rings. The fourth-order valence-electron chi connectivity index (χ4n) is 3.98. The molecule has 0 spiro atoms. The Balaban J connectivity index is 1.68. The topological polar surface area (TPSA) is 83.2 Å². The molecule has 1 amide bonds. The van der Waals surface area contributed by atoms with Crippen LogP contribution in [0.3, 0.4) is 0 Å². The Morgan fingerprint density at radius 3 is 2.71 bits per heavy atom. The van der Waals surface area contributed by atoms with Crippen molar-refractivity contribution in [3.8, 4) is 39.7 Å². The number of rotatable bonds is 5. The van der Waals surface area contributed by atoms with Crippen LogP contribution in [0, 0.1) is 5.41 Å². The third kappa shape index (κ3) is 3.96. The van der Waals surface area contributed by atoms with E-state index in [9.17, 15) is 4.79 Å². The number of thiophene rings is 1. The first-order valence-corrected chi connectivity index (χ1v) is 12.0. The summed E-state index contributed by atoms with van der Waals surface area (Å²) >= 11 is 1.58. The van der Waals surface area contributed by atoms with Crippen molar-refractivity contribution in [2.75, 3.05) is 13.7 Å². The Labute approximate surface area is 202 Å². The SMILES string of the molecule is COc1cc2c(cc1-c1ccn(C)n1)-c1c(c(C(=O)NCC(C)(C)C)nn1-c1ccsc1)CO2. The van der Waals surface area contributed by atoms with Gasteiger partial charge in [0.15, 0.2) is 5.69 Å². The van der Waals surface area contributed by atoms with E-state index in [2.05, 4.69) is 31.2 Å². The highest BCUT2D eigenvalue weighted by Crippen LogP contribution is 2.45. The molecule has 34 heavy (non-hydrogen) atoms. The molecule has 0 radical (unpaired) electrons. The number of hydrogen-bond donors (Lipinski definition) is 1. The van der Waals surface area contributed by atoms with Crippen molar-refractivity contribution in [1.29, 1.82) is 0 Å². The molecule has 0 aliphatic carbocycles. The molecule has 9 heteroatoms. The van der Waals surface area contributed by atoms with E-state index >= 15 is 0 Å². The van der Waals surface area contributed by atoms with Crippen molar-refractivity contribution in [2.24, 2.45) is 12.5 Å².